The fourth-order valence-corrected chi connectivity index (χ4v) is 7.19. The summed E-state index contributed by atoms with van der Waals surface area (Å²) >= 11 is 0. The lowest BCUT2D eigenvalue weighted by Crippen LogP contribution is -2.34. The molecule has 0 aromatic heterocycles. The lowest BCUT2D eigenvalue weighted by Gasteiger charge is -2.20. The van der Waals surface area contributed by atoms with Crippen molar-refractivity contribution in [1.82, 2.24) is 0 Å². The van der Waals surface area contributed by atoms with Gasteiger partial charge in [-0.3, -0.25) is 23.4 Å². The first-order valence-corrected chi connectivity index (χ1v) is 24.2. The molecule has 0 bridgehead atoms. The Morgan fingerprint density at radius 2 is 0.893 bits per heavy atom. The van der Waals surface area contributed by atoms with Crippen molar-refractivity contribution in [3.05, 3.63) is 12.2 Å². The van der Waals surface area contributed by atoms with E-state index in [9.17, 15) is 23.8 Å². The number of aliphatic carboxylic acids is 1. The number of carbonyl (C=O) groups is 3. The van der Waals surface area contributed by atoms with Gasteiger partial charge in [0.25, 0.3) is 0 Å². The molecule has 0 aromatic carbocycles. The number of esters is 2. The molecule has 56 heavy (non-hydrogen) atoms. The Hall–Kier alpha value is -1.78. The maximum absolute atomic E-state index is 12.6. The summed E-state index contributed by atoms with van der Waals surface area (Å²) in [5.74, 6) is -2.37. The molecule has 0 aliphatic heterocycles. The standard InChI is InChI=1S/C44H84NO10P/c1-3-5-7-9-11-13-15-17-18-19-20-21-22-24-25-27-29-31-33-35-42(46)52-37-40(38-53-56(50,51)54-39-41(45)44(48)49)55-43(47)36-34-32-30-28-26-23-16-14-12-10-8-6-4-2/h14,16,40-41H,3-13,15,17-39,45H2,1-2H3,(H,48,49)(H,50,51)/b16-14-. The second-order valence-corrected chi connectivity index (χ2v) is 17.0. The molecule has 0 aromatic rings. The highest BCUT2D eigenvalue weighted by Gasteiger charge is 2.28. The zero-order valence-corrected chi connectivity index (χ0v) is 36.6. The summed E-state index contributed by atoms with van der Waals surface area (Å²) in [4.78, 5) is 45.9. The summed E-state index contributed by atoms with van der Waals surface area (Å²) in [6.07, 6.45) is 39.9. The minimum Gasteiger partial charge on any atom is -0.480 e. The molecule has 0 spiro atoms. The molecular weight excluding hydrogens is 733 g/mol. The second-order valence-electron chi connectivity index (χ2n) is 15.5. The first-order valence-electron chi connectivity index (χ1n) is 22.7. The first-order chi connectivity index (χ1) is 27.1. The number of phosphoric acid groups is 1. The zero-order valence-electron chi connectivity index (χ0n) is 35.7. The van der Waals surface area contributed by atoms with Gasteiger partial charge < -0.3 is 25.2 Å². The van der Waals surface area contributed by atoms with Crippen LogP contribution in [0.4, 0.5) is 0 Å². The molecule has 11 nitrogen and oxygen atoms in total. The normalized spacial score (nSPS) is 13.8. The number of rotatable bonds is 43. The van der Waals surface area contributed by atoms with Gasteiger partial charge in [0.1, 0.15) is 12.6 Å². The average Bonchev–Trinajstić information content (AvgIpc) is 3.17. The summed E-state index contributed by atoms with van der Waals surface area (Å²) in [7, 11) is -4.71. The maximum atomic E-state index is 12.6. The van der Waals surface area contributed by atoms with E-state index < -0.39 is 51.1 Å². The number of nitrogens with two attached hydrogens (primary N) is 1. The Morgan fingerprint density at radius 1 is 0.536 bits per heavy atom. The third kappa shape index (κ3) is 39.1. The summed E-state index contributed by atoms with van der Waals surface area (Å²) in [5, 5.41) is 8.89. The topological polar surface area (TPSA) is 172 Å². The molecule has 0 heterocycles. The molecule has 0 fully saturated rings. The smallest absolute Gasteiger partial charge is 0.472 e. The van der Waals surface area contributed by atoms with Crippen molar-refractivity contribution in [2.24, 2.45) is 5.73 Å². The van der Waals surface area contributed by atoms with Crippen molar-refractivity contribution in [3.8, 4) is 0 Å². The Bertz CT molecular complexity index is 1010. The van der Waals surface area contributed by atoms with E-state index in [1.807, 2.05) is 0 Å². The number of hydrogen-bond acceptors (Lipinski definition) is 9. The number of carboxylic acids is 1. The van der Waals surface area contributed by atoms with Crippen LogP contribution >= 0.6 is 7.82 Å². The van der Waals surface area contributed by atoms with Gasteiger partial charge in [-0.05, 0) is 38.5 Å². The van der Waals surface area contributed by atoms with E-state index in [0.717, 1.165) is 57.8 Å². The van der Waals surface area contributed by atoms with Crippen LogP contribution in [0.3, 0.4) is 0 Å². The molecule has 0 saturated carbocycles. The molecule has 0 aliphatic rings. The summed E-state index contributed by atoms with van der Waals surface area (Å²) in [5.41, 5.74) is 5.33. The predicted octanol–water partition coefficient (Wildman–Crippen LogP) is 12.1. The van der Waals surface area contributed by atoms with Gasteiger partial charge >= 0.3 is 25.7 Å². The van der Waals surface area contributed by atoms with E-state index >= 15 is 0 Å². The number of carboxylic acid groups (broad SMARTS) is 1. The average molecular weight is 818 g/mol. The fourth-order valence-electron chi connectivity index (χ4n) is 6.41. The highest BCUT2D eigenvalue weighted by molar-refractivity contribution is 7.47. The molecule has 0 rings (SSSR count). The van der Waals surface area contributed by atoms with Crippen LogP contribution in [0.25, 0.3) is 0 Å². The third-order valence-electron chi connectivity index (χ3n) is 10.0. The molecule has 0 amide bonds. The molecule has 330 valence electrons. The summed E-state index contributed by atoms with van der Waals surface area (Å²) in [6.45, 7) is 2.80. The van der Waals surface area contributed by atoms with E-state index in [1.165, 1.54) is 122 Å². The zero-order chi connectivity index (χ0) is 41.4. The van der Waals surface area contributed by atoms with E-state index in [4.69, 9.17) is 24.8 Å². The van der Waals surface area contributed by atoms with Crippen molar-refractivity contribution >= 4 is 25.7 Å². The van der Waals surface area contributed by atoms with Crippen molar-refractivity contribution in [2.45, 2.75) is 231 Å². The SMILES string of the molecule is CCCCCC/C=C\CCCCCCCC(=O)OC(COC(=O)CCCCCCCCCCCCCCCCCCCCC)COP(=O)(O)OCC(N)C(=O)O. The van der Waals surface area contributed by atoms with Crippen molar-refractivity contribution < 1.29 is 47.5 Å². The largest absolute Gasteiger partial charge is 0.480 e. The highest BCUT2D eigenvalue weighted by atomic mass is 31.2. The van der Waals surface area contributed by atoms with Crippen LogP contribution < -0.4 is 5.73 Å². The first kappa shape index (κ1) is 54.2. The van der Waals surface area contributed by atoms with Gasteiger partial charge in [0.2, 0.25) is 0 Å². The van der Waals surface area contributed by atoms with Crippen molar-refractivity contribution in [1.29, 1.82) is 0 Å². The van der Waals surface area contributed by atoms with Crippen LogP contribution in [0.1, 0.15) is 219 Å². The Kier molecular flexibility index (Phi) is 38.7. The van der Waals surface area contributed by atoms with Crippen LogP contribution in [-0.2, 0) is 37.5 Å². The van der Waals surface area contributed by atoms with Gasteiger partial charge in [-0.2, -0.15) is 0 Å². The minimum atomic E-state index is -4.71. The molecule has 0 saturated heterocycles. The monoisotopic (exact) mass is 818 g/mol. The van der Waals surface area contributed by atoms with Gasteiger partial charge in [-0.1, -0.05) is 180 Å². The summed E-state index contributed by atoms with van der Waals surface area (Å²) < 4.78 is 32.7. The van der Waals surface area contributed by atoms with Crippen molar-refractivity contribution in [3.63, 3.8) is 0 Å². The molecule has 0 radical (unpaired) electrons. The fraction of sp³-hybridized carbons (Fsp3) is 0.886. The van der Waals surface area contributed by atoms with Gasteiger partial charge in [0, 0.05) is 12.8 Å². The number of unbranched alkanes of at least 4 members (excludes halogenated alkanes) is 27. The number of carbonyl (C=O) groups excluding carboxylic acids is 2. The van der Waals surface area contributed by atoms with Gasteiger partial charge in [0.15, 0.2) is 6.10 Å². The Balaban J connectivity index is 4.27. The van der Waals surface area contributed by atoms with E-state index in [2.05, 4.69) is 30.5 Å². The quantitative estimate of drug-likeness (QED) is 0.0231. The molecule has 12 heteroatoms. The Labute approximate surface area is 341 Å². The number of allylic oxidation sites excluding steroid dienone is 2. The van der Waals surface area contributed by atoms with Crippen LogP contribution in [-0.4, -0.2) is 59.9 Å². The number of hydrogen-bond donors (Lipinski definition) is 3. The lowest BCUT2D eigenvalue weighted by atomic mass is 10.0. The van der Waals surface area contributed by atoms with Gasteiger partial charge in [0.05, 0.1) is 13.2 Å². The molecule has 3 atom stereocenters. The maximum Gasteiger partial charge on any atom is 0.472 e. The van der Waals surface area contributed by atoms with E-state index in [-0.39, 0.29) is 19.4 Å². The molecule has 3 unspecified atom stereocenters. The molecule has 0 aliphatic carbocycles. The highest BCUT2D eigenvalue weighted by Crippen LogP contribution is 2.43. The number of phosphoric ester groups is 1. The summed E-state index contributed by atoms with van der Waals surface area (Å²) in [6, 6.07) is -1.52. The van der Waals surface area contributed by atoms with Crippen LogP contribution in [0.2, 0.25) is 0 Å². The Morgan fingerprint density at radius 3 is 1.32 bits per heavy atom. The van der Waals surface area contributed by atoms with Crippen molar-refractivity contribution in [2.75, 3.05) is 19.8 Å². The minimum absolute atomic E-state index is 0.155. The van der Waals surface area contributed by atoms with Crippen LogP contribution in [0.15, 0.2) is 12.2 Å². The van der Waals surface area contributed by atoms with Gasteiger partial charge in [-0.15, -0.1) is 0 Å². The van der Waals surface area contributed by atoms with Gasteiger partial charge in [-0.25, -0.2) is 4.57 Å². The van der Waals surface area contributed by atoms with E-state index in [0.29, 0.717) is 12.8 Å². The molecule has 4 N–H and O–H groups in total. The van der Waals surface area contributed by atoms with Crippen LogP contribution in [0.5, 0.6) is 0 Å². The van der Waals surface area contributed by atoms with E-state index in [1.54, 1.807) is 0 Å². The third-order valence-corrected chi connectivity index (χ3v) is 11.0. The lowest BCUT2D eigenvalue weighted by molar-refractivity contribution is -0.161. The number of ether oxygens (including phenoxy) is 2. The van der Waals surface area contributed by atoms with Crippen LogP contribution in [0, 0.1) is 0 Å². The molecular formula is C44H84NO10P. The second kappa shape index (κ2) is 40.0. The predicted molar refractivity (Wildman–Crippen MR) is 226 cm³/mol.